The zero-order chi connectivity index (χ0) is 10.1. The Bertz CT molecular complexity index is 132. The first-order valence-corrected chi connectivity index (χ1v) is 3.73. The standard InChI is InChI=1S/C5H10O2.C3H7NO/c1-4(2)3-5(6)7;1-4(2)3-5/h4H,3H2,1-2H3,(H,6,7);3H,1-2H3. The minimum atomic E-state index is -0.713. The summed E-state index contributed by atoms with van der Waals surface area (Å²) in [6.07, 6.45) is 1.03. The lowest BCUT2D eigenvalue weighted by atomic mass is 10.1. The fourth-order valence-electron chi connectivity index (χ4n) is 0.349. The molecule has 0 saturated heterocycles. The molecular weight excluding hydrogens is 158 g/mol. The summed E-state index contributed by atoms with van der Waals surface area (Å²) >= 11 is 0. The smallest absolute Gasteiger partial charge is 0.303 e. The van der Waals surface area contributed by atoms with Crippen LogP contribution in [0.15, 0.2) is 0 Å². The summed E-state index contributed by atoms with van der Waals surface area (Å²) in [5.74, 6) is -0.438. The zero-order valence-corrected chi connectivity index (χ0v) is 8.07. The molecule has 0 spiro atoms. The van der Waals surface area contributed by atoms with E-state index < -0.39 is 5.97 Å². The van der Waals surface area contributed by atoms with Gasteiger partial charge in [-0.25, -0.2) is 0 Å². The number of hydrogen-bond acceptors (Lipinski definition) is 2. The fraction of sp³-hybridized carbons (Fsp3) is 0.750. The molecule has 0 unspecified atom stereocenters. The molecule has 0 aromatic carbocycles. The van der Waals surface area contributed by atoms with Gasteiger partial charge >= 0.3 is 5.97 Å². The monoisotopic (exact) mass is 175 g/mol. The molecular formula is C8H17NO3. The van der Waals surface area contributed by atoms with Gasteiger partial charge in [0.05, 0.1) is 0 Å². The average molecular weight is 175 g/mol. The Morgan fingerprint density at radius 1 is 1.50 bits per heavy atom. The van der Waals surface area contributed by atoms with Gasteiger partial charge in [-0.15, -0.1) is 0 Å². The summed E-state index contributed by atoms with van der Waals surface area (Å²) in [5.41, 5.74) is 0. The van der Waals surface area contributed by atoms with Crippen LogP contribution in [-0.4, -0.2) is 36.5 Å². The van der Waals surface area contributed by atoms with E-state index in [0.717, 1.165) is 6.41 Å². The maximum absolute atomic E-state index is 9.81. The van der Waals surface area contributed by atoms with Gasteiger partial charge in [-0.3, -0.25) is 9.59 Å². The van der Waals surface area contributed by atoms with Crippen molar-refractivity contribution in [1.82, 2.24) is 4.90 Å². The number of amides is 1. The molecule has 0 radical (unpaired) electrons. The normalized spacial score (nSPS) is 8.42. The van der Waals surface area contributed by atoms with E-state index in [-0.39, 0.29) is 12.3 Å². The van der Waals surface area contributed by atoms with E-state index in [1.807, 2.05) is 13.8 Å². The van der Waals surface area contributed by atoms with Crippen molar-refractivity contribution in [2.45, 2.75) is 20.3 Å². The molecule has 0 saturated carbocycles. The van der Waals surface area contributed by atoms with Crippen LogP contribution in [-0.2, 0) is 9.59 Å². The maximum atomic E-state index is 9.81. The first kappa shape index (κ1) is 13.5. The molecule has 0 aromatic rings. The fourth-order valence-corrected chi connectivity index (χ4v) is 0.349. The maximum Gasteiger partial charge on any atom is 0.303 e. The Balaban J connectivity index is 0. The lowest BCUT2D eigenvalue weighted by Gasteiger charge is -1.94. The number of carboxylic acids is 1. The lowest BCUT2D eigenvalue weighted by Crippen LogP contribution is -2.06. The number of rotatable bonds is 3. The van der Waals surface area contributed by atoms with Gasteiger partial charge in [-0.1, -0.05) is 13.8 Å². The molecule has 0 aliphatic heterocycles. The third-order valence-corrected chi connectivity index (χ3v) is 0.794. The van der Waals surface area contributed by atoms with Crippen molar-refractivity contribution >= 4 is 12.4 Å². The summed E-state index contributed by atoms with van der Waals surface area (Å²) in [4.78, 5) is 20.7. The molecule has 0 aliphatic rings. The molecule has 0 bridgehead atoms. The Morgan fingerprint density at radius 2 is 1.83 bits per heavy atom. The molecule has 0 rings (SSSR count). The van der Waals surface area contributed by atoms with Gasteiger partial charge in [-0.2, -0.15) is 0 Å². The highest BCUT2D eigenvalue weighted by Gasteiger charge is 1.98. The largest absolute Gasteiger partial charge is 0.481 e. The van der Waals surface area contributed by atoms with E-state index in [2.05, 4.69) is 0 Å². The zero-order valence-electron chi connectivity index (χ0n) is 8.07. The number of carbonyl (C=O) groups is 2. The lowest BCUT2D eigenvalue weighted by molar-refractivity contribution is -0.137. The average Bonchev–Trinajstić information content (AvgIpc) is 1.85. The number of nitrogens with zero attached hydrogens (tertiary/aromatic N) is 1. The van der Waals surface area contributed by atoms with Crippen LogP contribution in [0.3, 0.4) is 0 Å². The van der Waals surface area contributed by atoms with E-state index in [1.165, 1.54) is 4.90 Å². The van der Waals surface area contributed by atoms with Gasteiger partial charge in [0.25, 0.3) is 0 Å². The first-order chi connectivity index (χ1) is 5.40. The molecule has 1 N–H and O–H groups in total. The van der Waals surface area contributed by atoms with Gasteiger partial charge in [0.1, 0.15) is 0 Å². The van der Waals surface area contributed by atoms with Crippen LogP contribution in [0.25, 0.3) is 0 Å². The van der Waals surface area contributed by atoms with Gasteiger partial charge < -0.3 is 10.0 Å². The van der Waals surface area contributed by atoms with E-state index in [4.69, 9.17) is 5.11 Å². The molecule has 0 fully saturated rings. The second-order valence-corrected chi connectivity index (χ2v) is 3.06. The van der Waals surface area contributed by atoms with Crippen molar-refractivity contribution in [3.8, 4) is 0 Å². The van der Waals surface area contributed by atoms with Gasteiger partial charge in [0.15, 0.2) is 0 Å². The molecule has 12 heavy (non-hydrogen) atoms. The van der Waals surface area contributed by atoms with Crippen molar-refractivity contribution in [3.63, 3.8) is 0 Å². The molecule has 72 valence electrons. The number of hydrogen-bond donors (Lipinski definition) is 1. The van der Waals surface area contributed by atoms with Gasteiger partial charge in [-0.05, 0) is 5.92 Å². The third-order valence-electron chi connectivity index (χ3n) is 0.794. The second-order valence-electron chi connectivity index (χ2n) is 3.06. The van der Waals surface area contributed by atoms with Crippen LogP contribution in [0.1, 0.15) is 20.3 Å². The number of carbonyl (C=O) groups excluding carboxylic acids is 1. The van der Waals surface area contributed by atoms with Crippen LogP contribution >= 0.6 is 0 Å². The molecule has 0 atom stereocenters. The van der Waals surface area contributed by atoms with Gasteiger partial charge in [0, 0.05) is 20.5 Å². The molecule has 4 nitrogen and oxygen atoms in total. The summed E-state index contributed by atoms with van der Waals surface area (Å²) in [6.45, 7) is 3.77. The molecule has 0 aliphatic carbocycles. The van der Waals surface area contributed by atoms with Crippen LogP contribution in [0.2, 0.25) is 0 Å². The summed E-state index contributed by atoms with van der Waals surface area (Å²) in [7, 11) is 3.38. The highest BCUT2D eigenvalue weighted by atomic mass is 16.4. The van der Waals surface area contributed by atoms with E-state index in [9.17, 15) is 9.59 Å². The van der Waals surface area contributed by atoms with Crippen molar-refractivity contribution in [3.05, 3.63) is 0 Å². The number of carboxylic acid groups (broad SMARTS) is 1. The highest BCUT2D eigenvalue weighted by Crippen LogP contribution is 1.96. The predicted octanol–water partition coefficient (Wildman–Crippen LogP) is 0.822. The van der Waals surface area contributed by atoms with Crippen LogP contribution in [0.4, 0.5) is 0 Å². The van der Waals surface area contributed by atoms with E-state index in [0.29, 0.717) is 0 Å². The SMILES string of the molecule is CC(C)CC(=O)O.CN(C)C=O. The van der Waals surface area contributed by atoms with E-state index >= 15 is 0 Å². The topological polar surface area (TPSA) is 57.6 Å². The van der Waals surface area contributed by atoms with Crippen LogP contribution in [0.5, 0.6) is 0 Å². The van der Waals surface area contributed by atoms with Crippen molar-refractivity contribution in [1.29, 1.82) is 0 Å². The predicted molar refractivity (Wildman–Crippen MR) is 46.8 cm³/mol. The van der Waals surface area contributed by atoms with Crippen LogP contribution in [0, 0.1) is 5.92 Å². The summed E-state index contributed by atoms with van der Waals surface area (Å²) < 4.78 is 0. The molecule has 4 heteroatoms. The Kier molecular flexibility index (Phi) is 9.06. The van der Waals surface area contributed by atoms with Crippen molar-refractivity contribution in [2.24, 2.45) is 5.92 Å². The minimum Gasteiger partial charge on any atom is -0.481 e. The summed E-state index contributed by atoms with van der Waals surface area (Å²) in [5, 5.41) is 8.08. The third kappa shape index (κ3) is 23.1. The van der Waals surface area contributed by atoms with Crippen LogP contribution < -0.4 is 0 Å². The highest BCUT2D eigenvalue weighted by molar-refractivity contribution is 5.66. The minimum absolute atomic E-state index is 0.275. The molecule has 1 amide bonds. The summed E-state index contributed by atoms with van der Waals surface area (Å²) in [6, 6.07) is 0. The van der Waals surface area contributed by atoms with Crippen molar-refractivity contribution in [2.75, 3.05) is 14.1 Å². The molecule has 0 aromatic heterocycles. The van der Waals surface area contributed by atoms with Gasteiger partial charge in [0.2, 0.25) is 6.41 Å². The number of aliphatic carboxylic acids is 1. The Hall–Kier alpha value is -1.06. The quantitative estimate of drug-likeness (QED) is 0.646. The Morgan fingerprint density at radius 3 is 1.83 bits per heavy atom. The van der Waals surface area contributed by atoms with E-state index in [1.54, 1.807) is 14.1 Å². The molecule has 0 heterocycles. The Labute approximate surface area is 73.2 Å². The van der Waals surface area contributed by atoms with Crippen molar-refractivity contribution < 1.29 is 14.7 Å². The second kappa shape index (κ2) is 8.04. The first-order valence-electron chi connectivity index (χ1n) is 3.73.